The summed E-state index contributed by atoms with van der Waals surface area (Å²) >= 11 is 0. The molecule has 0 saturated carbocycles. The minimum Gasteiger partial charge on any atom is -0.443 e. The minimum atomic E-state index is -0.924. The van der Waals surface area contributed by atoms with Gasteiger partial charge < -0.3 is 10.5 Å². The van der Waals surface area contributed by atoms with Gasteiger partial charge in [-0.3, -0.25) is 0 Å². The van der Waals surface area contributed by atoms with Crippen molar-refractivity contribution in [1.82, 2.24) is 5.32 Å². The van der Waals surface area contributed by atoms with Crippen LogP contribution in [0, 0.1) is 0 Å². The highest BCUT2D eigenvalue weighted by atomic mass is 16.6. The molecule has 0 bridgehead atoms. The van der Waals surface area contributed by atoms with E-state index in [0.29, 0.717) is 12.8 Å². The number of carbonyl (C=O) groups is 2. The number of nitrogens with one attached hydrogen (secondary N) is 1. The van der Waals surface area contributed by atoms with Crippen LogP contribution in [0.2, 0.25) is 0 Å². The third-order valence-electron chi connectivity index (χ3n) is 1.89. The smallest absolute Gasteiger partial charge is 0.415 e. The zero-order valence-electron chi connectivity index (χ0n) is 8.50. The normalized spacial score (nSPS) is 13.9. The van der Waals surface area contributed by atoms with Crippen LogP contribution >= 0.6 is 0 Å². The van der Waals surface area contributed by atoms with Crippen LogP contribution in [0.3, 0.4) is 0 Å². The number of amides is 3. The van der Waals surface area contributed by atoms with Crippen molar-refractivity contribution in [3.63, 3.8) is 0 Å². The molecule has 5 heteroatoms. The molecular formula is C9H16N2O3. The van der Waals surface area contributed by atoms with Crippen molar-refractivity contribution in [2.75, 3.05) is 0 Å². The summed E-state index contributed by atoms with van der Waals surface area (Å²) in [7, 11) is 0. The summed E-state index contributed by atoms with van der Waals surface area (Å²) in [6.45, 7) is 7.19. The first-order valence-corrected chi connectivity index (χ1v) is 4.34. The quantitative estimate of drug-likeness (QED) is 0.675. The third-order valence-corrected chi connectivity index (χ3v) is 1.89. The summed E-state index contributed by atoms with van der Waals surface area (Å²) < 4.78 is 5.02. The molecule has 80 valence electrons. The number of urea groups is 1. The molecule has 0 aliphatic rings. The van der Waals surface area contributed by atoms with Crippen LogP contribution in [0.5, 0.6) is 0 Å². The molecule has 3 amide bonds. The largest absolute Gasteiger partial charge is 0.443 e. The van der Waals surface area contributed by atoms with Crippen molar-refractivity contribution in [2.24, 2.45) is 5.73 Å². The highest BCUT2D eigenvalue weighted by Crippen LogP contribution is 2.20. The maximum Gasteiger partial charge on any atom is 0.415 e. The van der Waals surface area contributed by atoms with Crippen LogP contribution in [0.25, 0.3) is 0 Å². The van der Waals surface area contributed by atoms with E-state index in [2.05, 4.69) is 6.58 Å². The highest BCUT2D eigenvalue weighted by molar-refractivity contribution is 5.89. The third kappa shape index (κ3) is 4.49. The van der Waals surface area contributed by atoms with Crippen molar-refractivity contribution in [3.8, 4) is 0 Å². The Bertz CT molecular complexity index is 240. The van der Waals surface area contributed by atoms with Crippen LogP contribution in [0.15, 0.2) is 12.7 Å². The number of hydrogen-bond donors (Lipinski definition) is 2. The average Bonchev–Trinajstić information content (AvgIpc) is 2.02. The van der Waals surface area contributed by atoms with Gasteiger partial charge in [0.2, 0.25) is 0 Å². The van der Waals surface area contributed by atoms with Gasteiger partial charge in [-0.15, -0.1) is 6.58 Å². The van der Waals surface area contributed by atoms with Gasteiger partial charge in [-0.2, -0.15) is 0 Å². The number of primary amides is 1. The lowest BCUT2D eigenvalue weighted by Gasteiger charge is -2.26. The molecule has 0 aliphatic heterocycles. The monoisotopic (exact) mass is 200 g/mol. The maximum atomic E-state index is 11.0. The molecular weight excluding hydrogens is 184 g/mol. The predicted octanol–water partition coefficient (Wildman–Crippen LogP) is 1.54. The Morgan fingerprint density at radius 2 is 2.21 bits per heavy atom. The van der Waals surface area contributed by atoms with Crippen molar-refractivity contribution >= 4 is 12.1 Å². The minimum absolute atomic E-state index is 0.523. The van der Waals surface area contributed by atoms with E-state index in [1.807, 2.05) is 12.2 Å². The maximum absolute atomic E-state index is 11.0. The number of nitrogens with two attached hydrogens (primary N) is 1. The zero-order valence-corrected chi connectivity index (χ0v) is 8.50. The summed E-state index contributed by atoms with van der Waals surface area (Å²) in [5.41, 5.74) is 4.12. The van der Waals surface area contributed by atoms with E-state index in [1.165, 1.54) is 0 Å². The Morgan fingerprint density at radius 1 is 1.64 bits per heavy atom. The Hall–Kier alpha value is -1.52. The zero-order chi connectivity index (χ0) is 11.2. The van der Waals surface area contributed by atoms with Gasteiger partial charge in [-0.25, -0.2) is 14.9 Å². The predicted molar refractivity (Wildman–Crippen MR) is 52.7 cm³/mol. The molecule has 0 aromatic heterocycles. The molecule has 0 fully saturated rings. The molecule has 0 aromatic carbocycles. The van der Waals surface area contributed by atoms with Crippen molar-refractivity contribution in [1.29, 1.82) is 0 Å². The van der Waals surface area contributed by atoms with Crippen molar-refractivity contribution < 1.29 is 14.3 Å². The molecule has 1 atom stereocenters. The molecule has 0 heterocycles. The summed E-state index contributed by atoms with van der Waals surface area (Å²) in [5, 5.41) is 1.83. The molecule has 5 nitrogen and oxygen atoms in total. The number of rotatable bonds is 4. The van der Waals surface area contributed by atoms with Gasteiger partial charge in [-0.1, -0.05) is 13.0 Å². The summed E-state index contributed by atoms with van der Waals surface area (Å²) in [6, 6.07) is -0.924. The highest BCUT2D eigenvalue weighted by Gasteiger charge is 2.25. The molecule has 0 aliphatic carbocycles. The standard InChI is InChI=1S/C9H16N2O3/c1-4-6-9(3,5-2)14-8(13)11-7(10)12/h4H,1,5-6H2,2-3H3,(H3,10,11,12,13). The Kier molecular flexibility index (Phi) is 4.69. The Balaban J connectivity index is 4.23. The number of imide groups is 1. The molecule has 14 heavy (non-hydrogen) atoms. The summed E-state index contributed by atoms with van der Waals surface area (Å²) in [5.74, 6) is 0. The molecule has 0 rings (SSSR count). The Morgan fingerprint density at radius 3 is 2.57 bits per heavy atom. The molecule has 0 saturated heterocycles. The number of hydrogen-bond acceptors (Lipinski definition) is 3. The summed E-state index contributed by atoms with van der Waals surface area (Å²) in [6.07, 6.45) is 1.98. The Labute approximate surface area is 83.3 Å². The molecule has 0 radical (unpaired) electrons. The lowest BCUT2D eigenvalue weighted by atomic mass is 9.99. The van der Waals surface area contributed by atoms with Crippen LogP contribution in [0.4, 0.5) is 9.59 Å². The number of carbonyl (C=O) groups excluding carboxylic acids is 2. The van der Waals surface area contributed by atoms with Crippen LogP contribution in [-0.2, 0) is 4.74 Å². The van der Waals surface area contributed by atoms with Crippen LogP contribution < -0.4 is 11.1 Å². The lowest BCUT2D eigenvalue weighted by molar-refractivity contribution is 0.0264. The van der Waals surface area contributed by atoms with Gasteiger partial charge in [0.1, 0.15) is 5.60 Å². The fourth-order valence-electron chi connectivity index (χ4n) is 0.913. The first kappa shape index (κ1) is 12.5. The van der Waals surface area contributed by atoms with E-state index in [9.17, 15) is 9.59 Å². The average molecular weight is 200 g/mol. The van der Waals surface area contributed by atoms with Gasteiger partial charge in [0.05, 0.1) is 0 Å². The lowest BCUT2D eigenvalue weighted by Crippen LogP contribution is -2.41. The molecule has 0 aromatic rings. The van der Waals surface area contributed by atoms with E-state index in [-0.39, 0.29) is 0 Å². The molecule has 3 N–H and O–H groups in total. The molecule has 0 spiro atoms. The van der Waals surface area contributed by atoms with Crippen molar-refractivity contribution in [2.45, 2.75) is 32.3 Å². The second-order valence-corrected chi connectivity index (χ2v) is 3.18. The van der Waals surface area contributed by atoms with E-state index < -0.39 is 17.7 Å². The van der Waals surface area contributed by atoms with E-state index in [4.69, 9.17) is 10.5 Å². The second kappa shape index (κ2) is 5.26. The first-order valence-electron chi connectivity index (χ1n) is 4.34. The fraction of sp³-hybridized carbons (Fsp3) is 0.556. The van der Waals surface area contributed by atoms with Gasteiger partial charge in [0, 0.05) is 6.42 Å². The van der Waals surface area contributed by atoms with Crippen molar-refractivity contribution in [3.05, 3.63) is 12.7 Å². The second-order valence-electron chi connectivity index (χ2n) is 3.18. The topological polar surface area (TPSA) is 81.4 Å². The number of ether oxygens (including phenoxy) is 1. The van der Waals surface area contributed by atoms with E-state index in [1.54, 1.807) is 13.0 Å². The van der Waals surface area contributed by atoms with E-state index in [0.717, 1.165) is 0 Å². The van der Waals surface area contributed by atoms with Crippen LogP contribution in [-0.4, -0.2) is 17.7 Å². The molecule has 1 unspecified atom stereocenters. The van der Waals surface area contributed by atoms with Gasteiger partial charge >= 0.3 is 12.1 Å². The SMILES string of the molecule is C=CCC(C)(CC)OC(=O)NC(N)=O. The fourth-order valence-corrected chi connectivity index (χ4v) is 0.913. The first-order chi connectivity index (χ1) is 6.43. The van der Waals surface area contributed by atoms with Gasteiger partial charge in [0.25, 0.3) is 0 Å². The van der Waals surface area contributed by atoms with Gasteiger partial charge in [-0.05, 0) is 13.3 Å². The summed E-state index contributed by atoms with van der Waals surface area (Å²) in [4.78, 5) is 21.4. The van der Waals surface area contributed by atoms with Gasteiger partial charge in [0.15, 0.2) is 0 Å². The van der Waals surface area contributed by atoms with Crippen LogP contribution in [0.1, 0.15) is 26.7 Å². The number of alkyl carbamates (subject to hydrolysis) is 1. The van der Waals surface area contributed by atoms with E-state index >= 15 is 0 Å².